The van der Waals surface area contributed by atoms with E-state index in [1.54, 1.807) is 36.3 Å². The number of fused-ring (bicyclic) bond motifs is 1. The molecule has 0 N–H and O–H groups in total. The Kier molecular flexibility index (Phi) is 5.03. The second-order valence-corrected chi connectivity index (χ2v) is 7.73. The number of para-hydroxylation sites is 1. The van der Waals surface area contributed by atoms with Crippen LogP contribution in [0.1, 0.15) is 15.9 Å². The zero-order valence-electron chi connectivity index (χ0n) is 15.3. The van der Waals surface area contributed by atoms with Gasteiger partial charge < -0.3 is 4.74 Å². The van der Waals surface area contributed by atoms with Crippen LogP contribution in [0, 0.1) is 6.92 Å². The van der Waals surface area contributed by atoms with Gasteiger partial charge in [0.25, 0.3) is 5.91 Å². The first-order valence-corrected chi connectivity index (χ1v) is 9.86. The molecule has 140 valence electrons. The summed E-state index contributed by atoms with van der Waals surface area (Å²) in [5.74, 6) is 0.409. The van der Waals surface area contributed by atoms with E-state index >= 15 is 0 Å². The van der Waals surface area contributed by atoms with E-state index in [1.807, 2.05) is 49.4 Å². The number of thiazole rings is 1. The highest BCUT2D eigenvalue weighted by Gasteiger charge is 2.26. The number of carbonyl (C=O) groups excluding carboxylic acids is 1. The third-order valence-corrected chi connectivity index (χ3v) is 5.62. The normalized spacial score (nSPS) is 10.8. The summed E-state index contributed by atoms with van der Waals surface area (Å²) < 4.78 is 6.56. The second-order valence-electron chi connectivity index (χ2n) is 6.29. The Morgan fingerprint density at radius 1 is 1.07 bits per heavy atom. The van der Waals surface area contributed by atoms with Crippen molar-refractivity contribution >= 4 is 49.9 Å². The molecule has 1 heterocycles. The fraction of sp³-hybridized carbons (Fsp3) is 0.0909. The Morgan fingerprint density at radius 2 is 1.82 bits per heavy atom. The maximum Gasteiger partial charge on any atom is 0.264 e. The third kappa shape index (κ3) is 3.46. The maximum atomic E-state index is 13.5. The van der Waals surface area contributed by atoms with Gasteiger partial charge in [-0.1, -0.05) is 41.1 Å². The number of rotatable bonds is 4. The monoisotopic (exact) mass is 408 g/mol. The van der Waals surface area contributed by atoms with Crippen LogP contribution in [-0.4, -0.2) is 18.0 Å². The minimum Gasteiger partial charge on any atom is -0.495 e. The molecule has 0 atom stereocenters. The maximum absolute atomic E-state index is 13.5. The minimum atomic E-state index is -0.195. The molecule has 4 rings (SSSR count). The van der Waals surface area contributed by atoms with Crippen molar-refractivity contribution in [3.8, 4) is 5.75 Å². The molecule has 0 bridgehead atoms. The number of nitrogens with zero attached hydrogens (tertiary/aromatic N) is 2. The fourth-order valence-electron chi connectivity index (χ4n) is 2.95. The Morgan fingerprint density at radius 3 is 2.54 bits per heavy atom. The summed E-state index contributed by atoms with van der Waals surface area (Å²) in [6.45, 7) is 1.98. The molecule has 4 aromatic rings. The molecule has 0 saturated carbocycles. The number of amides is 1. The first-order chi connectivity index (χ1) is 13.6. The van der Waals surface area contributed by atoms with E-state index in [1.165, 1.54) is 11.3 Å². The third-order valence-electron chi connectivity index (χ3n) is 4.34. The summed E-state index contributed by atoms with van der Waals surface area (Å²) in [7, 11) is 1.59. The predicted molar refractivity (Wildman–Crippen MR) is 115 cm³/mol. The van der Waals surface area contributed by atoms with Crippen LogP contribution in [-0.2, 0) is 0 Å². The van der Waals surface area contributed by atoms with Crippen molar-refractivity contribution in [2.24, 2.45) is 0 Å². The van der Waals surface area contributed by atoms with E-state index in [0.29, 0.717) is 27.2 Å². The lowest BCUT2D eigenvalue weighted by atomic mass is 10.1. The summed E-state index contributed by atoms with van der Waals surface area (Å²) in [5, 5.41) is 1.17. The van der Waals surface area contributed by atoms with Crippen molar-refractivity contribution < 1.29 is 9.53 Å². The average molecular weight is 409 g/mol. The highest BCUT2D eigenvalue weighted by molar-refractivity contribution is 7.22. The van der Waals surface area contributed by atoms with Crippen LogP contribution in [0.2, 0.25) is 5.02 Å². The summed E-state index contributed by atoms with van der Waals surface area (Å²) in [5.41, 5.74) is 3.04. The van der Waals surface area contributed by atoms with Gasteiger partial charge in [0.05, 0.1) is 23.0 Å². The largest absolute Gasteiger partial charge is 0.495 e. The van der Waals surface area contributed by atoms with Crippen LogP contribution in [0.25, 0.3) is 10.2 Å². The van der Waals surface area contributed by atoms with Crippen molar-refractivity contribution in [1.29, 1.82) is 0 Å². The summed E-state index contributed by atoms with van der Waals surface area (Å²) in [6.07, 6.45) is 0. The van der Waals surface area contributed by atoms with E-state index in [-0.39, 0.29) is 5.91 Å². The SMILES string of the molecule is COc1ccc(C)cc1N(C(=O)c1ccc(Cl)cc1)c1nc2ccccc2s1. The van der Waals surface area contributed by atoms with Gasteiger partial charge in [-0.05, 0) is 61.0 Å². The van der Waals surface area contributed by atoms with Crippen molar-refractivity contribution in [2.75, 3.05) is 12.0 Å². The van der Waals surface area contributed by atoms with Gasteiger partial charge in [-0.2, -0.15) is 0 Å². The number of benzene rings is 3. The van der Waals surface area contributed by atoms with Gasteiger partial charge in [0, 0.05) is 10.6 Å². The number of hydrogen-bond donors (Lipinski definition) is 0. The number of halogens is 1. The summed E-state index contributed by atoms with van der Waals surface area (Å²) in [6, 6.07) is 20.4. The Balaban J connectivity index is 1.91. The lowest BCUT2D eigenvalue weighted by molar-refractivity contribution is 0.0998. The number of hydrogen-bond acceptors (Lipinski definition) is 4. The Bertz CT molecular complexity index is 1120. The number of aryl methyl sites for hydroxylation is 1. The molecule has 0 aliphatic rings. The zero-order chi connectivity index (χ0) is 19.7. The standard InChI is InChI=1S/C22H17ClN2O2S/c1-14-7-12-19(27-2)18(13-14)25(21(26)15-8-10-16(23)11-9-15)22-24-17-5-3-4-6-20(17)28-22/h3-13H,1-2H3. The number of ether oxygens (including phenoxy) is 1. The van der Waals surface area contributed by atoms with E-state index in [4.69, 9.17) is 21.3 Å². The molecule has 0 spiro atoms. The fourth-order valence-corrected chi connectivity index (χ4v) is 4.06. The quantitative estimate of drug-likeness (QED) is 0.401. The topological polar surface area (TPSA) is 42.4 Å². The van der Waals surface area contributed by atoms with Crippen LogP contribution >= 0.6 is 22.9 Å². The van der Waals surface area contributed by atoms with Crippen molar-refractivity contribution in [2.45, 2.75) is 6.92 Å². The molecule has 0 radical (unpaired) electrons. The van der Waals surface area contributed by atoms with Crippen LogP contribution in [0.4, 0.5) is 10.8 Å². The number of carbonyl (C=O) groups is 1. The summed E-state index contributed by atoms with van der Waals surface area (Å²) in [4.78, 5) is 19.8. The lowest BCUT2D eigenvalue weighted by Crippen LogP contribution is -2.26. The molecule has 1 amide bonds. The van der Waals surface area contributed by atoms with Crippen molar-refractivity contribution in [3.05, 3.63) is 82.9 Å². The van der Waals surface area contributed by atoms with Gasteiger partial charge in [0.15, 0.2) is 5.13 Å². The van der Waals surface area contributed by atoms with Gasteiger partial charge in [0.1, 0.15) is 5.75 Å². The molecular formula is C22H17ClN2O2S. The molecule has 0 aliphatic carbocycles. The molecule has 28 heavy (non-hydrogen) atoms. The van der Waals surface area contributed by atoms with Crippen molar-refractivity contribution in [1.82, 2.24) is 4.98 Å². The Hall–Kier alpha value is -2.89. The summed E-state index contributed by atoms with van der Waals surface area (Å²) >= 11 is 7.46. The number of anilines is 2. The number of aromatic nitrogens is 1. The van der Waals surface area contributed by atoms with E-state index in [0.717, 1.165) is 15.8 Å². The van der Waals surface area contributed by atoms with Crippen LogP contribution in [0.3, 0.4) is 0 Å². The van der Waals surface area contributed by atoms with E-state index in [2.05, 4.69) is 0 Å². The molecular weight excluding hydrogens is 392 g/mol. The molecule has 3 aromatic carbocycles. The number of methoxy groups -OCH3 is 1. The van der Waals surface area contributed by atoms with Crippen molar-refractivity contribution in [3.63, 3.8) is 0 Å². The second kappa shape index (κ2) is 7.62. The molecule has 0 saturated heterocycles. The van der Waals surface area contributed by atoms with Crippen LogP contribution in [0.5, 0.6) is 5.75 Å². The first kappa shape index (κ1) is 18.5. The first-order valence-electron chi connectivity index (χ1n) is 8.67. The Labute approximate surface area is 172 Å². The van der Waals surface area contributed by atoms with Gasteiger partial charge in [-0.3, -0.25) is 4.79 Å². The molecule has 0 aliphatic heterocycles. The highest BCUT2D eigenvalue weighted by Crippen LogP contribution is 2.39. The predicted octanol–water partition coefficient (Wildman–Crippen LogP) is 6.25. The van der Waals surface area contributed by atoms with Crippen LogP contribution < -0.4 is 9.64 Å². The van der Waals surface area contributed by atoms with Gasteiger partial charge in [-0.15, -0.1) is 0 Å². The van der Waals surface area contributed by atoms with E-state index in [9.17, 15) is 4.79 Å². The van der Waals surface area contributed by atoms with Crippen LogP contribution in [0.15, 0.2) is 66.7 Å². The lowest BCUT2D eigenvalue weighted by Gasteiger charge is -2.22. The molecule has 0 unspecified atom stereocenters. The smallest absolute Gasteiger partial charge is 0.264 e. The van der Waals surface area contributed by atoms with E-state index < -0.39 is 0 Å². The van der Waals surface area contributed by atoms with Gasteiger partial charge >= 0.3 is 0 Å². The average Bonchev–Trinajstić information content (AvgIpc) is 3.12. The minimum absolute atomic E-state index is 0.195. The molecule has 0 fully saturated rings. The van der Waals surface area contributed by atoms with Gasteiger partial charge in [0.2, 0.25) is 0 Å². The molecule has 1 aromatic heterocycles. The van der Waals surface area contributed by atoms with Gasteiger partial charge in [-0.25, -0.2) is 9.88 Å². The molecule has 6 heteroatoms. The molecule has 4 nitrogen and oxygen atoms in total. The zero-order valence-corrected chi connectivity index (χ0v) is 16.9. The highest BCUT2D eigenvalue weighted by atomic mass is 35.5.